The quantitative estimate of drug-likeness (QED) is 0.777. The second-order valence-corrected chi connectivity index (χ2v) is 7.41. The number of esters is 1. The number of halogens is 1. The highest BCUT2D eigenvalue weighted by atomic mass is 35.5. The van der Waals surface area contributed by atoms with Crippen LogP contribution in [0.3, 0.4) is 0 Å². The Labute approximate surface area is 140 Å². The third-order valence-electron chi connectivity index (χ3n) is 4.40. The molecule has 0 amide bonds. The molecule has 3 rings (SSSR count). The second-order valence-electron chi connectivity index (χ2n) is 5.78. The van der Waals surface area contributed by atoms with Crippen molar-refractivity contribution in [2.75, 3.05) is 6.26 Å². The summed E-state index contributed by atoms with van der Waals surface area (Å²) >= 11 is 6.21. The van der Waals surface area contributed by atoms with Crippen LogP contribution in [0.4, 0.5) is 0 Å². The Kier molecular flexibility index (Phi) is 4.14. The fourth-order valence-electron chi connectivity index (χ4n) is 3.02. The van der Waals surface area contributed by atoms with E-state index < -0.39 is 16.2 Å². The van der Waals surface area contributed by atoms with Gasteiger partial charge in [0.2, 0.25) is 5.16 Å². The van der Waals surface area contributed by atoms with Gasteiger partial charge in [-0.05, 0) is 19.8 Å². The molecule has 2 unspecified atom stereocenters. The van der Waals surface area contributed by atoms with Gasteiger partial charge in [-0.3, -0.25) is 9.00 Å². The maximum absolute atomic E-state index is 11.7. The summed E-state index contributed by atoms with van der Waals surface area (Å²) in [5.74, 6) is 0.298. The maximum Gasteiger partial charge on any atom is 0.302 e. The van der Waals surface area contributed by atoms with E-state index in [1.54, 1.807) is 4.52 Å². The van der Waals surface area contributed by atoms with Crippen LogP contribution < -0.4 is 0 Å². The van der Waals surface area contributed by atoms with Crippen LogP contribution in [0.15, 0.2) is 11.4 Å². The van der Waals surface area contributed by atoms with Gasteiger partial charge in [-0.1, -0.05) is 18.0 Å². The van der Waals surface area contributed by atoms with Crippen LogP contribution in [0.25, 0.3) is 5.52 Å². The van der Waals surface area contributed by atoms with Crippen molar-refractivity contribution >= 4 is 33.9 Å². The zero-order valence-electron chi connectivity index (χ0n) is 13.1. The predicted octanol–water partition coefficient (Wildman–Crippen LogP) is 1.89. The lowest BCUT2D eigenvalue weighted by Crippen LogP contribution is -2.47. The molecule has 2 aromatic heterocycles. The summed E-state index contributed by atoms with van der Waals surface area (Å²) in [6.45, 7) is 3.25. The molecule has 9 heteroatoms. The lowest BCUT2D eigenvalue weighted by atomic mass is 9.64. The fraction of sp³-hybridized carbons (Fsp3) is 0.571. The van der Waals surface area contributed by atoms with Gasteiger partial charge in [0, 0.05) is 13.2 Å². The van der Waals surface area contributed by atoms with Crippen molar-refractivity contribution in [3.05, 3.63) is 17.2 Å². The van der Waals surface area contributed by atoms with E-state index in [1.165, 1.54) is 19.4 Å². The number of carbonyl (C=O) groups is 1. The Hall–Kier alpha value is -1.54. The molecule has 2 aromatic rings. The standard InChI is InChI=1S/C14H17ClN4O3S/c1-8(22-9(2)20)14(5-4-6-14)12-17-11(15)10-7-16-13(23(3)21)18-19(10)12/h7-8H,4-6H2,1-3H3. The fourth-order valence-corrected chi connectivity index (χ4v) is 3.63. The Bertz CT molecular complexity index is 803. The van der Waals surface area contributed by atoms with E-state index in [9.17, 15) is 9.00 Å². The Morgan fingerprint density at radius 2 is 2.22 bits per heavy atom. The molecule has 2 heterocycles. The van der Waals surface area contributed by atoms with Crippen LogP contribution in [-0.2, 0) is 25.7 Å². The molecule has 0 spiro atoms. The van der Waals surface area contributed by atoms with Crippen molar-refractivity contribution in [2.24, 2.45) is 0 Å². The first kappa shape index (κ1) is 16.3. The van der Waals surface area contributed by atoms with Crippen molar-refractivity contribution < 1.29 is 13.7 Å². The van der Waals surface area contributed by atoms with E-state index in [2.05, 4.69) is 15.1 Å². The minimum atomic E-state index is -1.31. The summed E-state index contributed by atoms with van der Waals surface area (Å²) in [4.78, 5) is 19.8. The first-order chi connectivity index (χ1) is 10.8. The van der Waals surface area contributed by atoms with Gasteiger partial charge in [0.05, 0.1) is 22.4 Å². The molecule has 124 valence electrons. The van der Waals surface area contributed by atoms with Crippen LogP contribution in [0.1, 0.15) is 38.9 Å². The van der Waals surface area contributed by atoms with Crippen LogP contribution in [0.2, 0.25) is 5.15 Å². The van der Waals surface area contributed by atoms with Crippen LogP contribution in [-0.4, -0.2) is 42.1 Å². The van der Waals surface area contributed by atoms with Crippen molar-refractivity contribution in [3.8, 4) is 0 Å². The molecule has 0 radical (unpaired) electrons. The second kappa shape index (κ2) is 5.83. The normalized spacial score (nSPS) is 19.1. The summed E-state index contributed by atoms with van der Waals surface area (Å²) in [7, 11) is -1.31. The van der Waals surface area contributed by atoms with Crippen LogP contribution in [0, 0.1) is 0 Å². The summed E-state index contributed by atoms with van der Waals surface area (Å²) in [5, 5.41) is 4.82. The van der Waals surface area contributed by atoms with Gasteiger partial charge in [-0.25, -0.2) is 14.5 Å². The Morgan fingerprint density at radius 1 is 1.52 bits per heavy atom. The third kappa shape index (κ3) is 2.63. The largest absolute Gasteiger partial charge is 0.462 e. The molecule has 1 fully saturated rings. The first-order valence-corrected chi connectivity index (χ1v) is 9.21. The Balaban J connectivity index is 2.15. The molecule has 1 saturated carbocycles. The smallest absolute Gasteiger partial charge is 0.302 e. The molecular weight excluding hydrogens is 340 g/mol. The monoisotopic (exact) mass is 356 g/mol. The number of carbonyl (C=O) groups excluding carboxylic acids is 1. The molecule has 0 bridgehead atoms. The lowest BCUT2D eigenvalue weighted by Gasteiger charge is -2.44. The number of nitrogens with zero attached hydrogens (tertiary/aromatic N) is 4. The summed E-state index contributed by atoms with van der Waals surface area (Å²) < 4.78 is 18.7. The number of ether oxygens (including phenoxy) is 1. The van der Waals surface area contributed by atoms with E-state index >= 15 is 0 Å². The van der Waals surface area contributed by atoms with Gasteiger partial charge in [0.1, 0.15) is 17.4 Å². The predicted molar refractivity (Wildman–Crippen MR) is 84.9 cm³/mol. The molecule has 0 N–H and O–H groups in total. The minimum Gasteiger partial charge on any atom is -0.462 e. The van der Waals surface area contributed by atoms with E-state index in [1.807, 2.05) is 6.92 Å². The van der Waals surface area contributed by atoms with Crippen LogP contribution in [0.5, 0.6) is 0 Å². The third-order valence-corrected chi connectivity index (χ3v) is 5.38. The summed E-state index contributed by atoms with van der Waals surface area (Å²) in [6, 6.07) is 0. The zero-order valence-corrected chi connectivity index (χ0v) is 14.6. The van der Waals surface area contributed by atoms with Crippen molar-refractivity contribution in [1.29, 1.82) is 0 Å². The molecule has 0 saturated heterocycles. The van der Waals surface area contributed by atoms with Crippen molar-refractivity contribution in [1.82, 2.24) is 19.6 Å². The SMILES string of the molecule is CC(=O)OC(C)C1(c2nc(Cl)c3cnc(S(C)=O)nn23)CCC1. The van der Waals surface area contributed by atoms with Gasteiger partial charge < -0.3 is 4.74 Å². The van der Waals surface area contributed by atoms with Gasteiger partial charge in [-0.15, -0.1) is 5.10 Å². The highest BCUT2D eigenvalue weighted by Gasteiger charge is 2.49. The number of rotatable bonds is 4. The number of hydrogen-bond acceptors (Lipinski definition) is 6. The van der Waals surface area contributed by atoms with E-state index in [0.29, 0.717) is 11.3 Å². The highest BCUT2D eigenvalue weighted by molar-refractivity contribution is 7.84. The number of aromatic nitrogens is 4. The van der Waals surface area contributed by atoms with Crippen molar-refractivity contribution in [2.45, 2.75) is 49.8 Å². The van der Waals surface area contributed by atoms with Gasteiger partial charge in [0.25, 0.3) is 0 Å². The molecule has 0 aromatic carbocycles. The average Bonchev–Trinajstić information content (AvgIpc) is 2.74. The number of imidazole rings is 1. The molecule has 1 aliphatic carbocycles. The summed E-state index contributed by atoms with van der Waals surface area (Å²) in [5.41, 5.74) is 0.125. The average molecular weight is 357 g/mol. The highest BCUT2D eigenvalue weighted by Crippen LogP contribution is 2.47. The molecule has 23 heavy (non-hydrogen) atoms. The maximum atomic E-state index is 11.7. The van der Waals surface area contributed by atoms with Gasteiger partial charge >= 0.3 is 5.97 Å². The molecule has 2 atom stereocenters. The topological polar surface area (TPSA) is 86.5 Å². The molecule has 0 aliphatic heterocycles. The molecular formula is C14H17ClN4O3S. The lowest BCUT2D eigenvalue weighted by molar-refractivity contribution is -0.151. The molecule has 1 aliphatic rings. The van der Waals surface area contributed by atoms with E-state index in [4.69, 9.17) is 16.3 Å². The number of fused-ring (bicyclic) bond motifs is 1. The van der Waals surface area contributed by atoms with Gasteiger partial charge in [0.15, 0.2) is 5.15 Å². The van der Waals surface area contributed by atoms with Gasteiger partial charge in [-0.2, -0.15) is 0 Å². The molecule has 7 nitrogen and oxygen atoms in total. The minimum absolute atomic E-state index is 0.211. The first-order valence-electron chi connectivity index (χ1n) is 7.27. The number of hydrogen-bond donors (Lipinski definition) is 0. The van der Waals surface area contributed by atoms with Crippen LogP contribution >= 0.6 is 11.6 Å². The zero-order chi connectivity index (χ0) is 16.8. The Morgan fingerprint density at radius 3 is 2.74 bits per heavy atom. The van der Waals surface area contributed by atoms with E-state index in [-0.39, 0.29) is 22.4 Å². The van der Waals surface area contributed by atoms with E-state index in [0.717, 1.165) is 19.3 Å². The van der Waals surface area contributed by atoms with Crippen molar-refractivity contribution in [3.63, 3.8) is 0 Å². The summed E-state index contributed by atoms with van der Waals surface area (Å²) in [6.07, 6.45) is 5.35.